The zero-order valence-electron chi connectivity index (χ0n) is 21.1. The average molecular weight is 449 g/mol. The van der Waals surface area contributed by atoms with Gasteiger partial charge in [-0.25, -0.2) is 0 Å². The first-order valence-electron chi connectivity index (χ1n) is 11.4. The van der Waals surface area contributed by atoms with Crippen molar-refractivity contribution in [3.05, 3.63) is 83.3 Å². The summed E-state index contributed by atoms with van der Waals surface area (Å²) in [5, 5.41) is 3.37. The van der Waals surface area contributed by atoms with Crippen molar-refractivity contribution in [1.29, 1.82) is 0 Å². The van der Waals surface area contributed by atoms with Gasteiger partial charge in [0.05, 0.1) is 13.7 Å². The van der Waals surface area contributed by atoms with Crippen molar-refractivity contribution in [3.8, 4) is 5.75 Å². The zero-order valence-corrected chi connectivity index (χ0v) is 21.1. The Kier molecular flexibility index (Phi) is 13.0. The number of benzene rings is 1. The predicted octanol–water partition coefficient (Wildman–Crippen LogP) is 6.12. The molecule has 178 valence electrons. The van der Waals surface area contributed by atoms with Crippen LogP contribution in [0.25, 0.3) is 5.57 Å². The molecule has 5 nitrogen and oxygen atoms in total. The number of aliphatic imine (C=N–C) groups is 2. The predicted molar refractivity (Wildman–Crippen MR) is 145 cm³/mol. The molecule has 1 aromatic rings. The van der Waals surface area contributed by atoms with E-state index in [-0.39, 0.29) is 0 Å². The van der Waals surface area contributed by atoms with E-state index in [2.05, 4.69) is 62.0 Å². The van der Waals surface area contributed by atoms with Crippen molar-refractivity contribution in [2.24, 2.45) is 15.7 Å². The summed E-state index contributed by atoms with van der Waals surface area (Å²) in [4.78, 5) is 8.99. The minimum atomic E-state index is 0.474. The van der Waals surface area contributed by atoms with Crippen molar-refractivity contribution in [2.75, 3.05) is 20.7 Å². The molecule has 0 heterocycles. The van der Waals surface area contributed by atoms with Crippen molar-refractivity contribution >= 4 is 17.6 Å². The number of amidine groups is 1. The smallest absolute Gasteiger partial charge is 0.133 e. The Morgan fingerprint density at radius 3 is 2.61 bits per heavy atom. The molecule has 0 aliphatic carbocycles. The number of nitrogens with two attached hydrogens (primary N) is 1. The van der Waals surface area contributed by atoms with E-state index in [4.69, 9.17) is 15.5 Å². The van der Waals surface area contributed by atoms with E-state index < -0.39 is 0 Å². The molecular formula is C28H40N4O. The van der Waals surface area contributed by atoms with Gasteiger partial charge < -0.3 is 15.8 Å². The summed E-state index contributed by atoms with van der Waals surface area (Å²) < 4.78 is 5.66. The Morgan fingerprint density at radius 1 is 1.24 bits per heavy atom. The average Bonchev–Trinajstić information content (AvgIpc) is 2.81. The minimum absolute atomic E-state index is 0.474. The van der Waals surface area contributed by atoms with Crippen LogP contribution in [0, 0.1) is 6.92 Å². The van der Waals surface area contributed by atoms with E-state index in [1.54, 1.807) is 26.6 Å². The monoisotopic (exact) mass is 448 g/mol. The van der Waals surface area contributed by atoms with Gasteiger partial charge in [0.2, 0.25) is 0 Å². The largest absolute Gasteiger partial charge is 0.496 e. The number of unbranched alkanes of at least 4 members (excludes halogenated alkanes) is 1. The summed E-state index contributed by atoms with van der Waals surface area (Å²) in [6.45, 7) is 13.0. The van der Waals surface area contributed by atoms with Crippen LogP contribution in [0.15, 0.2) is 76.5 Å². The second-order valence-electron chi connectivity index (χ2n) is 7.71. The van der Waals surface area contributed by atoms with Crippen LogP contribution in [0.2, 0.25) is 0 Å². The topological polar surface area (TPSA) is 72.0 Å². The van der Waals surface area contributed by atoms with Crippen LogP contribution in [0.5, 0.6) is 5.75 Å². The summed E-state index contributed by atoms with van der Waals surface area (Å²) >= 11 is 0. The molecule has 0 atom stereocenters. The van der Waals surface area contributed by atoms with E-state index in [1.807, 2.05) is 25.3 Å². The maximum atomic E-state index is 5.86. The molecule has 0 saturated carbocycles. The first kappa shape index (κ1) is 27.7. The number of allylic oxidation sites excluding steroid dienone is 5. The summed E-state index contributed by atoms with van der Waals surface area (Å²) in [5.41, 5.74) is 11.7. The molecule has 0 bridgehead atoms. The first-order valence-corrected chi connectivity index (χ1v) is 11.4. The Labute approximate surface area is 200 Å². The number of hydrogen-bond donors (Lipinski definition) is 2. The third-order valence-electron chi connectivity index (χ3n) is 4.96. The van der Waals surface area contributed by atoms with Gasteiger partial charge in [-0.05, 0) is 56.2 Å². The Hall–Kier alpha value is -3.34. The highest BCUT2D eigenvalue weighted by molar-refractivity contribution is 6.11. The van der Waals surface area contributed by atoms with Crippen molar-refractivity contribution in [3.63, 3.8) is 0 Å². The van der Waals surface area contributed by atoms with Crippen molar-refractivity contribution in [2.45, 2.75) is 47.0 Å². The maximum absolute atomic E-state index is 5.86. The fourth-order valence-corrected chi connectivity index (χ4v) is 3.13. The third-order valence-corrected chi connectivity index (χ3v) is 4.96. The Morgan fingerprint density at radius 2 is 2.00 bits per heavy atom. The fraction of sp³-hybridized carbons (Fsp3) is 0.357. The van der Waals surface area contributed by atoms with Crippen LogP contribution in [0.4, 0.5) is 0 Å². The number of hydrogen-bond acceptors (Lipinski definition) is 4. The molecule has 3 N–H and O–H groups in total. The summed E-state index contributed by atoms with van der Waals surface area (Å²) in [5.74, 6) is 1.51. The molecule has 0 aliphatic heterocycles. The third kappa shape index (κ3) is 9.36. The van der Waals surface area contributed by atoms with Gasteiger partial charge in [0.1, 0.15) is 11.6 Å². The molecule has 33 heavy (non-hydrogen) atoms. The highest BCUT2D eigenvalue weighted by atomic mass is 16.5. The van der Waals surface area contributed by atoms with Gasteiger partial charge in [0.25, 0.3) is 0 Å². The molecule has 1 rings (SSSR count). The molecule has 1 aromatic carbocycles. The van der Waals surface area contributed by atoms with Gasteiger partial charge in [0.15, 0.2) is 0 Å². The van der Waals surface area contributed by atoms with Gasteiger partial charge in [-0.15, -0.1) is 0 Å². The number of rotatable bonds is 12. The minimum Gasteiger partial charge on any atom is -0.496 e. The van der Waals surface area contributed by atoms with Crippen molar-refractivity contribution in [1.82, 2.24) is 5.32 Å². The number of nitrogens with one attached hydrogen (secondary N) is 1. The quantitative estimate of drug-likeness (QED) is 0.230. The SMILES string of the molecule is C=C(/C=C\C(C)=C\CC)CN=C(N/C=C/CCC)c1cc(/C(C=NC)=C/N)cc(OC)c1C. The van der Waals surface area contributed by atoms with E-state index in [0.29, 0.717) is 6.54 Å². The van der Waals surface area contributed by atoms with E-state index in [9.17, 15) is 0 Å². The van der Waals surface area contributed by atoms with E-state index in [1.165, 1.54) is 5.57 Å². The lowest BCUT2D eigenvalue weighted by Gasteiger charge is -2.16. The van der Waals surface area contributed by atoms with Crippen LogP contribution >= 0.6 is 0 Å². The van der Waals surface area contributed by atoms with E-state index >= 15 is 0 Å². The van der Waals surface area contributed by atoms with Gasteiger partial charge in [-0.3, -0.25) is 9.98 Å². The highest BCUT2D eigenvalue weighted by Crippen LogP contribution is 2.27. The van der Waals surface area contributed by atoms with Crippen LogP contribution in [0.1, 0.15) is 56.7 Å². The molecule has 0 saturated heterocycles. The maximum Gasteiger partial charge on any atom is 0.133 e. The lowest BCUT2D eigenvalue weighted by Crippen LogP contribution is -2.21. The molecule has 0 amide bonds. The number of methoxy groups -OCH3 is 1. The van der Waals surface area contributed by atoms with Crippen LogP contribution < -0.4 is 15.8 Å². The highest BCUT2D eigenvalue weighted by Gasteiger charge is 2.14. The lowest BCUT2D eigenvalue weighted by atomic mass is 9.98. The van der Waals surface area contributed by atoms with Crippen molar-refractivity contribution < 1.29 is 4.74 Å². The number of ether oxygens (including phenoxy) is 1. The zero-order chi connectivity index (χ0) is 24.6. The fourth-order valence-electron chi connectivity index (χ4n) is 3.13. The summed E-state index contributed by atoms with van der Waals surface area (Å²) in [7, 11) is 3.39. The summed E-state index contributed by atoms with van der Waals surface area (Å²) in [6.07, 6.45) is 16.7. The van der Waals surface area contributed by atoms with Crippen LogP contribution in [0.3, 0.4) is 0 Å². The molecule has 5 heteroatoms. The second-order valence-corrected chi connectivity index (χ2v) is 7.71. The normalized spacial score (nSPS) is 13.5. The number of nitrogens with zero attached hydrogens (tertiary/aromatic N) is 2. The van der Waals surface area contributed by atoms with Crippen LogP contribution in [-0.2, 0) is 0 Å². The van der Waals surface area contributed by atoms with E-state index in [0.717, 1.165) is 58.7 Å². The standard InChI is InChI=1S/C28H40N4O/c1-8-10-11-15-31-28(32-19-22(4)14-13-21(3)12-9-2)26-16-24(25(18-29)20-30-6)17-27(33-7)23(26)5/h11-18,20H,4,8-10,19,29H2,1-3,5-7H3,(H,31,32)/b14-13-,15-11+,21-12+,25-18+,30-20?. The molecule has 0 fully saturated rings. The van der Waals surface area contributed by atoms with Crippen LogP contribution in [-0.4, -0.2) is 32.8 Å². The Balaban J connectivity index is 3.44. The van der Waals surface area contributed by atoms with Gasteiger partial charge in [0, 0.05) is 36.2 Å². The lowest BCUT2D eigenvalue weighted by molar-refractivity contribution is 0.411. The van der Waals surface area contributed by atoms with Gasteiger partial charge in [-0.2, -0.15) is 0 Å². The molecular weight excluding hydrogens is 408 g/mol. The second kappa shape index (κ2) is 15.5. The molecule has 0 aromatic heterocycles. The molecule has 0 spiro atoms. The van der Waals surface area contributed by atoms with Gasteiger partial charge in [-0.1, -0.05) is 56.7 Å². The Bertz CT molecular complexity index is 962. The molecule has 0 unspecified atom stereocenters. The molecule has 0 radical (unpaired) electrons. The van der Waals surface area contributed by atoms with Gasteiger partial charge >= 0.3 is 0 Å². The molecule has 0 aliphatic rings. The first-order chi connectivity index (χ1) is 15.9. The summed E-state index contributed by atoms with van der Waals surface area (Å²) in [6, 6.07) is 4.03.